The molecule has 0 saturated heterocycles. The summed E-state index contributed by atoms with van der Waals surface area (Å²) in [6.07, 6.45) is 12.9. The fraction of sp³-hybridized carbons (Fsp3) is 0.706. The molecule has 104 valence electrons. The Labute approximate surface area is 117 Å². The average Bonchev–Trinajstić information content (AvgIpc) is 3.06. The van der Waals surface area contributed by atoms with Gasteiger partial charge in [-0.1, -0.05) is 19.8 Å². The van der Waals surface area contributed by atoms with Crippen LogP contribution < -0.4 is 10.3 Å². The zero-order valence-corrected chi connectivity index (χ0v) is 12.3. The highest BCUT2D eigenvalue weighted by Crippen LogP contribution is 2.33. The lowest BCUT2D eigenvalue weighted by molar-refractivity contribution is -0.711. The van der Waals surface area contributed by atoms with Gasteiger partial charge < -0.3 is 5.73 Å². The first-order valence-corrected chi connectivity index (χ1v) is 8.17. The van der Waals surface area contributed by atoms with Crippen LogP contribution in [0.3, 0.4) is 0 Å². The second-order valence-electron chi connectivity index (χ2n) is 6.18. The van der Waals surface area contributed by atoms with Gasteiger partial charge in [-0.05, 0) is 32.1 Å². The summed E-state index contributed by atoms with van der Waals surface area (Å²) >= 11 is 0. The third-order valence-corrected chi connectivity index (χ3v) is 4.91. The van der Waals surface area contributed by atoms with Crippen LogP contribution in [0, 0.1) is 0 Å². The average molecular weight is 259 g/mol. The Kier molecular flexibility index (Phi) is 3.76. The summed E-state index contributed by atoms with van der Waals surface area (Å²) in [5.74, 6) is 0. The summed E-state index contributed by atoms with van der Waals surface area (Å²) < 4.78 is 2.66. The van der Waals surface area contributed by atoms with Crippen LogP contribution >= 0.6 is 0 Å². The Balaban J connectivity index is 1.90. The molecule has 19 heavy (non-hydrogen) atoms. The van der Waals surface area contributed by atoms with Crippen LogP contribution in [0.4, 0.5) is 5.69 Å². The minimum absolute atomic E-state index is 1.16. The monoisotopic (exact) mass is 259 g/mol. The lowest BCUT2D eigenvalue weighted by atomic mass is 10.0. The standard InChI is InChI=1S/C17H26N2/c1-2-3-4-5-12-19-15-10-6-8-13(15)17(18)14-9-7-11-16(14)19/h18H,2-12H2,1H3/p+1. The number of fused-ring (bicyclic) bond motifs is 2. The lowest BCUT2D eigenvalue weighted by Gasteiger charge is -2.12. The molecule has 0 amide bonds. The van der Waals surface area contributed by atoms with Gasteiger partial charge in [-0.3, -0.25) is 0 Å². The quantitative estimate of drug-likeness (QED) is 0.639. The second-order valence-corrected chi connectivity index (χ2v) is 6.18. The van der Waals surface area contributed by atoms with Crippen molar-refractivity contribution in [2.75, 3.05) is 5.73 Å². The number of aromatic nitrogens is 1. The predicted octanol–water partition coefficient (Wildman–Crippen LogP) is 3.11. The molecule has 2 aliphatic carbocycles. The fourth-order valence-electron chi connectivity index (χ4n) is 3.94. The highest BCUT2D eigenvalue weighted by atomic mass is 15.0. The van der Waals surface area contributed by atoms with E-state index >= 15 is 0 Å². The maximum Gasteiger partial charge on any atom is 0.186 e. The Morgan fingerprint density at radius 3 is 2.11 bits per heavy atom. The molecule has 0 spiro atoms. The number of anilines is 1. The maximum absolute atomic E-state index is 6.42. The van der Waals surface area contributed by atoms with Crippen molar-refractivity contribution >= 4 is 5.69 Å². The van der Waals surface area contributed by atoms with Gasteiger partial charge >= 0.3 is 0 Å². The molecule has 0 atom stereocenters. The molecule has 0 saturated carbocycles. The van der Waals surface area contributed by atoms with Crippen LogP contribution in [0.1, 0.15) is 68.0 Å². The third kappa shape index (κ3) is 2.26. The normalized spacial score (nSPS) is 16.7. The number of nitrogen functional groups attached to an aromatic ring is 1. The lowest BCUT2D eigenvalue weighted by Crippen LogP contribution is -2.43. The molecule has 2 heteroatoms. The van der Waals surface area contributed by atoms with E-state index in [9.17, 15) is 0 Å². The highest BCUT2D eigenvalue weighted by Gasteiger charge is 2.33. The molecule has 0 bridgehead atoms. The van der Waals surface area contributed by atoms with E-state index in [1.807, 2.05) is 0 Å². The first-order valence-electron chi connectivity index (χ1n) is 8.17. The van der Waals surface area contributed by atoms with Gasteiger partial charge in [0.25, 0.3) is 0 Å². The third-order valence-electron chi connectivity index (χ3n) is 4.91. The largest absolute Gasteiger partial charge is 0.398 e. The molecular formula is C17H27N2+. The van der Waals surface area contributed by atoms with E-state index in [0.29, 0.717) is 0 Å². The summed E-state index contributed by atoms with van der Waals surface area (Å²) in [6, 6.07) is 0. The molecule has 2 N–H and O–H groups in total. The van der Waals surface area contributed by atoms with Gasteiger partial charge in [0.2, 0.25) is 0 Å². The van der Waals surface area contributed by atoms with Crippen molar-refractivity contribution in [1.82, 2.24) is 0 Å². The van der Waals surface area contributed by atoms with Crippen LogP contribution in [0.5, 0.6) is 0 Å². The van der Waals surface area contributed by atoms with E-state index in [1.165, 1.54) is 81.9 Å². The minimum atomic E-state index is 1.16. The first-order chi connectivity index (χ1) is 9.33. The Morgan fingerprint density at radius 2 is 1.53 bits per heavy atom. The molecule has 0 unspecified atom stereocenters. The van der Waals surface area contributed by atoms with Crippen LogP contribution in [0.25, 0.3) is 0 Å². The predicted molar refractivity (Wildman–Crippen MR) is 79.2 cm³/mol. The molecule has 3 rings (SSSR count). The molecule has 2 aliphatic rings. The second kappa shape index (κ2) is 5.52. The van der Waals surface area contributed by atoms with E-state index in [1.54, 1.807) is 11.4 Å². The summed E-state index contributed by atoms with van der Waals surface area (Å²) in [5, 5.41) is 0. The van der Waals surface area contributed by atoms with Crippen molar-refractivity contribution in [2.24, 2.45) is 0 Å². The summed E-state index contributed by atoms with van der Waals surface area (Å²) in [4.78, 5) is 0. The van der Waals surface area contributed by atoms with E-state index in [0.717, 1.165) is 5.69 Å². The number of nitrogens with two attached hydrogens (primary N) is 1. The molecular weight excluding hydrogens is 232 g/mol. The zero-order valence-electron chi connectivity index (χ0n) is 12.3. The molecule has 0 radical (unpaired) electrons. The van der Waals surface area contributed by atoms with Crippen LogP contribution in [0.2, 0.25) is 0 Å². The molecule has 2 nitrogen and oxygen atoms in total. The number of nitrogens with zero attached hydrogens (tertiary/aromatic N) is 1. The summed E-state index contributed by atoms with van der Waals surface area (Å²) in [6.45, 7) is 3.51. The van der Waals surface area contributed by atoms with Crippen LogP contribution in [-0.4, -0.2) is 0 Å². The molecule has 1 aromatic heterocycles. The number of rotatable bonds is 5. The smallest absolute Gasteiger partial charge is 0.186 e. The van der Waals surface area contributed by atoms with Gasteiger partial charge in [0, 0.05) is 30.4 Å². The number of unbranched alkanes of at least 4 members (excludes halogenated alkanes) is 3. The Bertz CT molecular complexity index is 442. The first kappa shape index (κ1) is 13.0. The summed E-state index contributed by atoms with van der Waals surface area (Å²) in [7, 11) is 0. The summed E-state index contributed by atoms with van der Waals surface area (Å²) in [5.41, 5.74) is 13.7. The minimum Gasteiger partial charge on any atom is -0.398 e. The van der Waals surface area contributed by atoms with Crippen molar-refractivity contribution in [2.45, 2.75) is 77.7 Å². The van der Waals surface area contributed by atoms with Gasteiger partial charge in [-0.15, -0.1) is 0 Å². The van der Waals surface area contributed by atoms with Gasteiger partial charge in [-0.25, -0.2) is 0 Å². The molecule has 0 fully saturated rings. The Morgan fingerprint density at radius 1 is 0.895 bits per heavy atom. The zero-order chi connectivity index (χ0) is 13.2. The highest BCUT2D eigenvalue weighted by molar-refractivity contribution is 5.57. The van der Waals surface area contributed by atoms with E-state index in [-0.39, 0.29) is 0 Å². The number of hydrogen-bond donors (Lipinski definition) is 1. The van der Waals surface area contributed by atoms with Gasteiger partial charge in [0.1, 0.15) is 6.54 Å². The van der Waals surface area contributed by atoms with Crippen molar-refractivity contribution in [3.8, 4) is 0 Å². The SMILES string of the molecule is CCCCCC[n+]1c2c(c(N)c3c1CCC3)CCC2. The molecule has 0 aliphatic heterocycles. The van der Waals surface area contributed by atoms with E-state index in [4.69, 9.17) is 5.73 Å². The van der Waals surface area contributed by atoms with Crippen molar-refractivity contribution in [1.29, 1.82) is 0 Å². The van der Waals surface area contributed by atoms with Crippen molar-refractivity contribution in [3.63, 3.8) is 0 Å². The van der Waals surface area contributed by atoms with Crippen molar-refractivity contribution < 1.29 is 4.57 Å². The molecule has 0 aromatic carbocycles. The van der Waals surface area contributed by atoms with E-state index < -0.39 is 0 Å². The molecule has 1 aromatic rings. The van der Waals surface area contributed by atoms with Gasteiger partial charge in [-0.2, -0.15) is 4.57 Å². The maximum atomic E-state index is 6.42. The molecule has 1 heterocycles. The van der Waals surface area contributed by atoms with E-state index in [2.05, 4.69) is 11.5 Å². The Hall–Kier alpha value is -1.05. The van der Waals surface area contributed by atoms with Gasteiger partial charge in [0.05, 0.1) is 5.69 Å². The number of pyridine rings is 1. The van der Waals surface area contributed by atoms with Gasteiger partial charge in [0.15, 0.2) is 11.4 Å². The van der Waals surface area contributed by atoms with Crippen LogP contribution in [-0.2, 0) is 32.2 Å². The van der Waals surface area contributed by atoms with Crippen molar-refractivity contribution in [3.05, 3.63) is 22.5 Å². The fourth-order valence-corrected chi connectivity index (χ4v) is 3.94. The van der Waals surface area contributed by atoms with Crippen LogP contribution in [0.15, 0.2) is 0 Å². The topological polar surface area (TPSA) is 29.9 Å². The number of hydrogen-bond acceptors (Lipinski definition) is 1.